The Labute approximate surface area is 228 Å². The van der Waals surface area contributed by atoms with Gasteiger partial charge in [0.25, 0.3) is 0 Å². The van der Waals surface area contributed by atoms with Gasteiger partial charge < -0.3 is 10.1 Å². The summed E-state index contributed by atoms with van der Waals surface area (Å²) in [4.78, 5) is 12.1. The van der Waals surface area contributed by atoms with Gasteiger partial charge in [-0.15, -0.1) is 0 Å². The van der Waals surface area contributed by atoms with Gasteiger partial charge in [-0.1, -0.05) is 12.2 Å². The Morgan fingerprint density at radius 1 is 1.10 bits per heavy atom. The molecule has 9 heteroatoms. The van der Waals surface area contributed by atoms with Gasteiger partial charge in [0.1, 0.15) is 17.2 Å². The summed E-state index contributed by atoms with van der Waals surface area (Å²) in [5.74, 6) is -1.08. The molecule has 0 spiro atoms. The number of aliphatic imine (C=N–C) groups is 2. The number of halogens is 2. The number of piperidine rings is 1. The van der Waals surface area contributed by atoms with Crippen molar-refractivity contribution in [2.75, 3.05) is 39.4 Å². The largest absolute Gasteiger partial charge is 0.379 e. The molecule has 2 fully saturated rings. The molecule has 0 bridgehead atoms. The highest BCUT2D eigenvalue weighted by Crippen LogP contribution is 2.41. The number of allylic oxidation sites excluding steroid dienone is 2. The molecule has 2 aromatic rings. The molecule has 0 radical (unpaired) electrons. The van der Waals surface area contributed by atoms with Crippen LogP contribution in [0.3, 0.4) is 0 Å². The van der Waals surface area contributed by atoms with E-state index in [2.05, 4.69) is 16.9 Å². The van der Waals surface area contributed by atoms with E-state index < -0.39 is 17.2 Å². The zero-order valence-electron chi connectivity index (χ0n) is 22.9. The van der Waals surface area contributed by atoms with Gasteiger partial charge in [0.2, 0.25) is 0 Å². The molecule has 6 rings (SSSR count). The second-order valence-electron chi connectivity index (χ2n) is 11.2. The first-order chi connectivity index (χ1) is 18.8. The highest BCUT2D eigenvalue weighted by atomic mass is 19.1. The molecule has 0 saturated carbocycles. The molecule has 39 heavy (non-hydrogen) atoms. The molecule has 1 aromatic carbocycles. The van der Waals surface area contributed by atoms with Crippen molar-refractivity contribution >= 4 is 17.5 Å². The van der Waals surface area contributed by atoms with Crippen LogP contribution in [0.1, 0.15) is 60.3 Å². The molecule has 4 aliphatic rings. The third-order valence-corrected chi connectivity index (χ3v) is 8.44. The number of nitrogens with one attached hydrogen (secondary N) is 1. The Balaban J connectivity index is 1.38. The first-order valence-corrected chi connectivity index (χ1v) is 13.9. The van der Waals surface area contributed by atoms with Crippen LogP contribution in [0, 0.1) is 25.5 Å². The lowest BCUT2D eigenvalue weighted by atomic mass is 9.83. The third kappa shape index (κ3) is 4.92. The molecule has 1 unspecified atom stereocenters. The Kier molecular flexibility index (Phi) is 7.07. The lowest BCUT2D eigenvalue weighted by Gasteiger charge is -2.33. The fraction of sp³-hybridized carbons (Fsp3) is 0.500. The van der Waals surface area contributed by atoms with Gasteiger partial charge in [0, 0.05) is 48.2 Å². The van der Waals surface area contributed by atoms with E-state index in [1.807, 2.05) is 37.1 Å². The average molecular weight is 535 g/mol. The molecule has 4 heterocycles. The van der Waals surface area contributed by atoms with Gasteiger partial charge in [0.15, 0.2) is 0 Å². The van der Waals surface area contributed by atoms with Crippen LogP contribution in [-0.2, 0) is 11.3 Å². The maximum absolute atomic E-state index is 15.3. The maximum atomic E-state index is 15.3. The molecule has 7 nitrogen and oxygen atoms in total. The Hall–Kier alpha value is -3.01. The van der Waals surface area contributed by atoms with E-state index in [4.69, 9.17) is 19.8 Å². The van der Waals surface area contributed by atoms with Crippen molar-refractivity contribution in [2.24, 2.45) is 9.98 Å². The smallest absolute Gasteiger partial charge is 0.131 e. The van der Waals surface area contributed by atoms with Crippen LogP contribution in [0.5, 0.6) is 0 Å². The van der Waals surface area contributed by atoms with Gasteiger partial charge in [0.05, 0.1) is 36.4 Å². The lowest BCUT2D eigenvalue weighted by Crippen LogP contribution is -2.36. The van der Waals surface area contributed by atoms with Crippen molar-refractivity contribution in [3.05, 3.63) is 69.7 Å². The van der Waals surface area contributed by atoms with Gasteiger partial charge in [-0.2, -0.15) is 5.10 Å². The number of nitrogens with zero attached hydrogens (tertiary/aromatic N) is 5. The fourth-order valence-corrected chi connectivity index (χ4v) is 6.21. The number of benzene rings is 1. The molecule has 1 aliphatic carbocycles. The molecular formula is C30H36F2N6O. The number of hydrogen-bond acceptors (Lipinski definition) is 6. The predicted molar refractivity (Wildman–Crippen MR) is 149 cm³/mol. The minimum Gasteiger partial charge on any atom is -0.379 e. The van der Waals surface area contributed by atoms with Crippen molar-refractivity contribution in [2.45, 2.75) is 58.2 Å². The summed E-state index contributed by atoms with van der Waals surface area (Å²) >= 11 is 0. The van der Waals surface area contributed by atoms with Crippen LogP contribution in [-0.4, -0.2) is 71.5 Å². The maximum Gasteiger partial charge on any atom is 0.131 e. The average Bonchev–Trinajstić information content (AvgIpc) is 3.24. The van der Waals surface area contributed by atoms with Crippen LogP contribution >= 0.6 is 0 Å². The summed E-state index contributed by atoms with van der Waals surface area (Å²) in [6, 6.07) is 3.24. The number of hydrogen-bond donors (Lipinski definition) is 1. The Bertz CT molecular complexity index is 1370. The van der Waals surface area contributed by atoms with Crippen LogP contribution in [0.4, 0.5) is 8.78 Å². The number of rotatable bonds is 5. The molecule has 0 amide bonds. The van der Waals surface area contributed by atoms with E-state index in [-0.39, 0.29) is 12.1 Å². The number of fused-ring (bicyclic) bond motifs is 1. The molecule has 3 aliphatic heterocycles. The lowest BCUT2D eigenvalue weighted by molar-refractivity contribution is 0.0332. The predicted octanol–water partition coefficient (Wildman–Crippen LogP) is 4.54. The van der Waals surface area contributed by atoms with Crippen LogP contribution < -0.4 is 5.32 Å². The first-order valence-electron chi connectivity index (χ1n) is 13.9. The topological polar surface area (TPSA) is 67.0 Å². The number of morpholine rings is 1. The van der Waals surface area contributed by atoms with Gasteiger partial charge >= 0.3 is 0 Å². The van der Waals surface area contributed by atoms with Gasteiger partial charge in [-0.05, 0) is 70.8 Å². The summed E-state index contributed by atoms with van der Waals surface area (Å²) in [6.07, 6.45) is 8.53. The Morgan fingerprint density at radius 2 is 1.82 bits per heavy atom. The summed E-state index contributed by atoms with van der Waals surface area (Å²) in [5.41, 5.74) is 5.13. The number of aromatic nitrogens is 2. The summed E-state index contributed by atoms with van der Waals surface area (Å²) < 4.78 is 38.2. The third-order valence-electron chi connectivity index (χ3n) is 8.44. The van der Waals surface area contributed by atoms with Crippen molar-refractivity contribution in [1.29, 1.82) is 0 Å². The zero-order valence-corrected chi connectivity index (χ0v) is 22.9. The van der Waals surface area contributed by atoms with E-state index in [1.54, 1.807) is 0 Å². The second kappa shape index (κ2) is 10.5. The van der Waals surface area contributed by atoms with Crippen LogP contribution in [0.25, 0.3) is 5.57 Å². The molecular weight excluding hydrogens is 498 g/mol. The van der Waals surface area contributed by atoms with Crippen LogP contribution in [0.15, 0.2) is 40.0 Å². The molecule has 2 saturated heterocycles. The SMILES string of the molecule is Cc1nn(C2CCNCC2)c(C)c1C1=NC2=C(c3cc(F)c(CN4CCOCC4)c(F)c3)C=CCC2(C)N=C1. The minimum atomic E-state index is -0.597. The highest BCUT2D eigenvalue weighted by Gasteiger charge is 2.36. The fourth-order valence-electron chi connectivity index (χ4n) is 6.21. The van der Waals surface area contributed by atoms with Crippen molar-refractivity contribution in [3.8, 4) is 0 Å². The van der Waals surface area contributed by atoms with E-state index >= 15 is 8.78 Å². The van der Waals surface area contributed by atoms with E-state index in [0.29, 0.717) is 49.9 Å². The monoisotopic (exact) mass is 534 g/mol. The molecule has 1 atom stereocenters. The molecule has 206 valence electrons. The summed E-state index contributed by atoms with van der Waals surface area (Å²) in [7, 11) is 0. The summed E-state index contributed by atoms with van der Waals surface area (Å²) in [6.45, 7) is 10.8. The van der Waals surface area contributed by atoms with E-state index in [1.165, 1.54) is 12.1 Å². The van der Waals surface area contributed by atoms with Crippen molar-refractivity contribution < 1.29 is 13.5 Å². The highest BCUT2D eigenvalue weighted by molar-refractivity contribution is 6.40. The summed E-state index contributed by atoms with van der Waals surface area (Å²) in [5, 5.41) is 8.31. The quantitative estimate of drug-likeness (QED) is 0.612. The van der Waals surface area contributed by atoms with E-state index in [9.17, 15) is 0 Å². The standard InChI is InChI=1S/C30H36F2N6O/c1-19-28(20(2)38(36-19)22-6-9-33-10-7-22)27-17-34-30(3)8-4-5-23(29(30)35-27)21-15-25(31)24(26(32)16-21)18-37-11-13-39-14-12-37/h4-5,15-17,22,33H,6-14,18H2,1-3H3. The number of ether oxygens (including phenoxy) is 1. The zero-order chi connectivity index (χ0) is 27.1. The normalized spacial score (nSPS) is 24.3. The minimum absolute atomic E-state index is 0.0937. The molecule has 1 N–H and O–H groups in total. The first kappa shape index (κ1) is 26.2. The van der Waals surface area contributed by atoms with E-state index in [0.717, 1.165) is 54.3 Å². The van der Waals surface area contributed by atoms with Crippen molar-refractivity contribution in [1.82, 2.24) is 20.0 Å². The van der Waals surface area contributed by atoms with Gasteiger partial charge in [-0.25, -0.2) is 13.8 Å². The van der Waals surface area contributed by atoms with Crippen LogP contribution in [0.2, 0.25) is 0 Å². The second-order valence-corrected chi connectivity index (χ2v) is 11.2. The van der Waals surface area contributed by atoms with Gasteiger partial charge in [-0.3, -0.25) is 14.6 Å². The number of aryl methyl sites for hydroxylation is 1. The Morgan fingerprint density at radius 3 is 2.54 bits per heavy atom. The van der Waals surface area contributed by atoms with Crippen molar-refractivity contribution in [3.63, 3.8) is 0 Å². The molecule has 1 aromatic heterocycles.